The number of pyridine rings is 1. The van der Waals surface area contributed by atoms with Crippen LogP contribution in [0.25, 0.3) is 10.9 Å². The zero-order valence-electron chi connectivity index (χ0n) is 10.8. The van der Waals surface area contributed by atoms with Gasteiger partial charge in [-0.3, -0.25) is 4.98 Å². The van der Waals surface area contributed by atoms with Gasteiger partial charge in [0, 0.05) is 11.6 Å². The second-order valence-electron chi connectivity index (χ2n) is 4.47. The first-order chi connectivity index (χ1) is 9.27. The average molecular weight is 258 g/mol. The summed E-state index contributed by atoms with van der Waals surface area (Å²) in [6, 6.07) is 10.2. The molecule has 1 aromatic carbocycles. The Labute approximate surface area is 112 Å². The summed E-state index contributed by atoms with van der Waals surface area (Å²) in [6.45, 7) is 0.409. The summed E-state index contributed by atoms with van der Waals surface area (Å²) in [7, 11) is 0. The number of hydrogen-bond acceptors (Lipinski definition) is 3. The largest absolute Gasteiger partial charge is 0.450 e. The summed E-state index contributed by atoms with van der Waals surface area (Å²) in [5.74, 6) is 0. The number of nitrogens with two attached hydrogens (primary N) is 1. The molecule has 2 aromatic rings. The summed E-state index contributed by atoms with van der Waals surface area (Å²) >= 11 is 0. The molecule has 0 aliphatic heterocycles. The second kappa shape index (κ2) is 6.73. The Bertz CT molecular complexity index is 549. The van der Waals surface area contributed by atoms with Crippen LogP contribution in [-0.4, -0.2) is 17.7 Å². The summed E-state index contributed by atoms with van der Waals surface area (Å²) in [4.78, 5) is 14.7. The number of hydrogen-bond donors (Lipinski definition) is 1. The summed E-state index contributed by atoms with van der Waals surface area (Å²) in [6.07, 6.45) is 5.11. The number of carbonyl (C=O) groups excluding carboxylic acids is 1. The Kier molecular flexibility index (Phi) is 4.72. The van der Waals surface area contributed by atoms with Gasteiger partial charge in [0.25, 0.3) is 0 Å². The van der Waals surface area contributed by atoms with Gasteiger partial charge in [-0.15, -0.1) is 0 Å². The van der Waals surface area contributed by atoms with E-state index in [0.29, 0.717) is 6.61 Å². The number of para-hydroxylation sites is 1. The summed E-state index contributed by atoms with van der Waals surface area (Å²) < 4.78 is 4.69. The molecular weight excluding hydrogens is 240 g/mol. The molecule has 2 rings (SSSR count). The standard InChI is InChI=1S/C15H18N2O2/c16-15(18)19-11-5-1-2-6-12-9-10-17-14-8-4-3-7-13(12)14/h3-4,7-10H,1-2,5-6,11H2,(H2,16,18). The maximum Gasteiger partial charge on any atom is 0.404 e. The van der Waals surface area contributed by atoms with Crippen LogP contribution >= 0.6 is 0 Å². The summed E-state index contributed by atoms with van der Waals surface area (Å²) in [5, 5.41) is 1.22. The van der Waals surface area contributed by atoms with Crippen molar-refractivity contribution >= 4 is 17.0 Å². The molecule has 0 atom stereocenters. The van der Waals surface area contributed by atoms with Gasteiger partial charge in [-0.05, 0) is 43.4 Å². The molecule has 1 heterocycles. The monoisotopic (exact) mass is 258 g/mol. The Morgan fingerprint density at radius 2 is 2.00 bits per heavy atom. The minimum absolute atomic E-state index is 0.409. The fourth-order valence-electron chi connectivity index (χ4n) is 2.14. The van der Waals surface area contributed by atoms with E-state index >= 15 is 0 Å². The number of ether oxygens (including phenoxy) is 1. The number of rotatable bonds is 6. The maximum atomic E-state index is 10.4. The average Bonchev–Trinajstić information content (AvgIpc) is 2.42. The summed E-state index contributed by atoms with van der Waals surface area (Å²) in [5.41, 5.74) is 7.25. The molecule has 19 heavy (non-hydrogen) atoms. The molecule has 0 saturated carbocycles. The van der Waals surface area contributed by atoms with Gasteiger partial charge >= 0.3 is 6.09 Å². The zero-order chi connectivity index (χ0) is 13.5. The van der Waals surface area contributed by atoms with E-state index in [1.54, 1.807) is 0 Å². The lowest BCUT2D eigenvalue weighted by Gasteiger charge is -2.06. The van der Waals surface area contributed by atoms with E-state index in [1.807, 2.05) is 24.4 Å². The molecule has 2 N–H and O–H groups in total. The third kappa shape index (κ3) is 3.95. The van der Waals surface area contributed by atoms with E-state index in [2.05, 4.69) is 17.1 Å². The third-order valence-electron chi connectivity index (χ3n) is 3.07. The van der Waals surface area contributed by atoms with Crippen LogP contribution < -0.4 is 5.73 Å². The van der Waals surface area contributed by atoms with Gasteiger partial charge in [-0.2, -0.15) is 0 Å². The lowest BCUT2D eigenvalue weighted by atomic mass is 10.0. The molecule has 100 valence electrons. The molecule has 0 aliphatic carbocycles. The van der Waals surface area contributed by atoms with E-state index in [0.717, 1.165) is 31.2 Å². The molecule has 0 radical (unpaired) electrons. The number of fused-ring (bicyclic) bond motifs is 1. The fraction of sp³-hybridized carbons (Fsp3) is 0.333. The van der Waals surface area contributed by atoms with E-state index in [1.165, 1.54) is 10.9 Å². The van der Waals surface area contributed by atoms with Gasteiger partial charge in [0.15, 0.2) is 0 Å². The second-order valence-corrected chi connectivity index (χ2v) is 4.47. The fourth-order valence-corrected chi connectivity index (χ4v) is 2.14. The normalized spacial score (nSPS) is 10.5. The van der Waals surface area contributed by atoms with Crippen LogP contribution in [0, 0.1) is 0 Å². The van der Waals surface area contributed by atoms with Crippen molar-refractivity contribution in [3.05, 3.63) is 42.1 Å². The maximum absolute atomic E-state index is 10.4. The van der Waals surface area contributed by atoms with Crippen molar-refractivity contribution in [3.8, 4) is 0 Å². The van der Waals surface area contributed by atoms with Crippen molar-refractivity contribution in [1.29, 1.82) is 0 Å². The highest BCUT2D eigenvalue weighted by Gasteiger charge is 2.01. The van der Waals surface area contributed by atoms with Gasteiger partial charge in [0.1, 0.15) is 0 Å². The number of unbranched alkanes of at least 4 members (excludes halogenated alkanes) is 2. The van der Waals surface area contributed by atoms with Gasteiger partial charge in [-0.1, -0.05) is 18.2 Å². The van der Waals surface area contributed by atoms with Gasteiger partial charge in [-0.25, -0.2) is 4.79 Å². The van der Waals surface area contributed by atoms with E-state index in [-0.39, 0.29) is 0 Å². The Balaban J connectivity index is 1.83. The Hall–Kier alpha value is -2.10. The van der Waals surface area contributed by atoms with Crippen LogP contribution in [0.1, 0.15) is 24.8 Å². The number of aryl methyl sites for hydroxylation is 1. The minimum Gasteiger partial charge on any atom is -0.450 e. The minimum atomic E-state index is -0.694. The Morgan fingerprint density at radius 3 is 2.84 bits per heavy atom. The molecular formula is C15H18N2O2. The van der Waals surface area contributed by atoms with Crippen LogP contribution in [-0.2, 0) is 11.2 Å². The highest BCUT2D eigenvalue weighted by atomic mass is 16.5. The third-order valence-corrected chi connectivity index (χ3v) is 3.07. The number of benzene rings is 1. The van der Waals surface area contributed by atoms with Gasteiger partial charge in [0.05, 0.1) is 12.1 Å². The van der Waals surface area contributed by atoms with Crippen LogP contribution in [0.3, 0.4) is 0 Å². The highest BCUT2D eigenvalue weighted by Crippen LogP contribution is 2.18. The number of aromatic nitrogens is 1. The topological polar surface area (TPSA) is 65.2 Å². The van der Waals surface area contributed by atoms with E-state index in [9.17, 15) is 4.79 Å². The highest BCUT2D eigenvalue weighted by molar-refractivity contribution is 5.81. The molecule has 0 bridgehead atoms. The van der Waals surface area contributed by atoms with Crippen LogP contribution in [0.2, 0.25) is 0 Å². The van der Waals surface area contributed by atoms with Gasteiger partial charge in [0.2, 0.25) is 0 Å². The van der Waals surface area contributed by atoms with E-state index in [4.69, 9.17) is 10.5 Å². The van der Waals surface area contributed by atoms with Crippen molar-refractivity contribution in [2.45, 2.75) is 25.7 Å². The van der Waals surface area contributed by atoms with Crippen LogP contribution in [0.15, 0.2) is 36.5 Å². The molecule has 0 aliphatic rings. The quantitative estimate of drug-likeness (QED) is 0.810. The SMILES string of the molecule is NC(=O)OCCCCCc1ccnc2ccccc12. The number of carbonyl (C=O) groups is 1. The van der Waals surface area contributed by atoms with Crippen molar-refractivity contribution in [2.24, 2.45) is 5.73 Å². The molecule has 0 saturated heterocycles. The Morgan fingerprint density at radius 1 is 1.16 bits per heavy atom. The zero-order valence-corrected chi connectivity index (χ0v) is 10.8. The molecule has 4 heteroatoms. The predicted octanol–water partition coefficient (Wildman–Crippen LogP) is 3.04. The van der Waals surface area contributed by atoms with Crippen molar-refractivity contribution in [1.82, 2.24) is 4.98 Å². The van der Waals surface area contributed by atoms with Crippen molar-refractivity contribution in [2.75, 3.05) is 6.61 Å². The predicted molar refractivity (Wildman–Crippen MR) is 74.8 cm³/mol. The number of primary amides is 1. The van der Waals surface area contributed by atoms with E-state index < -0.39 is 6.09 Å². The lowest BCUT2D eigenvalue weighted by Crippen LogP contribution is -2.13. The molecule has 1 amide bonds. The lowest BCUT2D eigenvalue weighted by molar-refractivity contribution is 0.154. The van der Waals surface area contributed by atoms with Crippen LogP contribution in [0.5, 0.6) is 0 Å². The van der Waals surface area contributed by atoms with Crippen molar-refractivity contribution < 1.29 is 9.53 Å². The first kappa shape index (κ1) is 13.3. The van der Waals surface area contributed by atoms with Crippen molar-refractivity contribution in [3.63, 3.8) is 0 Å². The smallest absolute Gasteiger partial charge is 0.404 e. The van der Waals surface area contributed by atoms with Crippen LogP contribution in [0.4, 0.5) is 4.79 Å². The molecule has 0 spiro atoms. The number of amides is 1. The molecule has 1 aromatic heterocycles. The first-order valence-electron chi connectivity index (χ1n) is 6.52. The molecule has 0 fully saturated rings. The molecule has 4 nitrogen and oxygen atoms in total. The first-order valence-corrected chi connectivity index (χ1v) is 6.52. The molecule has 0 unspecified atom stereocenters. The number of nitrogens with zero attached hydrogens (tertiary/aromatic N) is 1. The van der Waals surface area contributed by atoms with Gasteiger partial charge < -0.3 is 10.5 Å².